The topological polar surface area (TPSA) is 15.8 Å². The Hall–Kier alpha value is -1.50. The monoisotopic (exact) mass is 241 g/mol. The Morgan fingerprint density at radius 2 is 1.61 bits per heavy atom. The predicted octanol–water partition coefficient (Wildman–Crippen LogP) is 5.05. The third-order valence-corrected chi connectivity index (χ3v) is 3.28. The highest BCUT2D eigenvalue weighted by Gasteiger charge is 2.21. The minimum atomic E-state index is 0.0485. The van der Waals surface area contributed by atoms with Crippen LogP contribution in [0.15, 0.2) is 42.6 Å². The van der Waals surface area contributed by atoms with Crippen molar-refractivity contribution in [2.75, 3.05) is 0 Å². The lowest BCUT2D eigenvalue weighted by atomic mass is 9.81. The quantitative estimate of drug-likeness (QED) is 0.708. The number of allylic oxidation sites excluding steroid dienone is 2. The van der Waals surface area contributed by atoms with Crippen LogP contribution in [0.1, 0.15) is 40.2 Å². The molecule has 0 spiro atoms. The highest BCUT2D eigenvalue weighted by Crippen LogP contribution is 2.32. The summed E-state index contributed by atoms with van der Waals surface area (Å²) >= 11 is 0. The first-order chi connectivity index (χ1) is 8.30. The van der Waals surface area contributed by atoms with Crippen LogP contribution in [-0.2, 0) is 5.41 Å². The van der Waals surface area contributed by atoms with Gasteiger partial charge in [-0.2, -0.15) is 0 Å². The summed E-state index contributed by atoms with van der Waals surface area (Å²) in [5, 5.41) is 1.32. The molecule has 0 saturated heterocycles. The number of benzene rings is 1. The zero-order chi connectivity index (χ0) is 13.4. The zero-order valence-electron chi connectivity index (χ0n) is 12.0. The number of rotatable bonds is 2. The van der Waals surface area contributed by atoms with Crippen molar-refractivity contribution in [3.8, 4) is 0 Å². The van der Waals surface area contributed by atoms with E-state index >= 15 is 0 Å². The van der Waals surface area contributed by atoms with Gasteiger partial charge in [-0.3, -0.25) is 0 Å². The molecule has 0 atom stereocenters. The molecule has 1 N–H and O–H groups in total. The molecule has 0 unspecified atom stereocenters. The molecular formula is C17H23N. The van der Waals surface area contributed by atoms with Gasteiger partial charge in [0.05, 0.1) is 0 Å². The van der Waals surface area contributed by atoms with E-state index in [1.165, 1.54) is 16.5 Å². The Kier molecular flexibility index (Phi) is 3.10. The summed E-state index contributed by atoms with van der Waals surface area (Å²) in [6.07, 6.45) is 6.76. The molecule has 1 nitrogen and oxygen atoms in total. The maximum Gasteiger partial charge on any atom is 0.0457 e. The summed E-state index contributed by atoms with van der Waals surface area (Å²) in [4.78, 5) is 3.36. The van der Waals surface area contributed by atoms with E-state index in [4.69, 9.17) is 0 Å². The number of para-hydroxylation sites is 1. The minimum Gasteiger partial charge on any atom is -0.361 e. The number of nitrogens with one attached hydrogen (secondary N) is 1. The Bertz CT molecular complexity index is 565. The van der Waals surface area contributed by atoms with Crippen molar-refractivity contribution >= 4 is 10.9 Å². The summed E-state index contributed by atoms with van der Waals surface area (Å²) in [6.45, 7) is 11.2. The lowest BCUT2D eigenvalue weighted by Gasteiger charge is -2.22. The number of H-pyrrole nitrogens is 1. The first kappa shape index (κ1) is 12.9. The molecule has 0 saturated carbocycles. The molecular weight excluding hydrogens is 218 g/mol. The molecule has 0 aliphatic carbocycles. The lowest BCUT2D eigenvalue weighted by molar-refractivity contribution is 0.532. The van der Waals surface area contributed by atoms with Crippen LogP contribution in [0.25, 0.3) is 10.9 Å². The second-order valence-electron chi connectivity index (χ2n) is 6.67. The van der Waals surface area contributed by atoms with Gasteiger partial charge in [0.2, 0.25) is 0 Å². The van der Waals surface area contributed by atoms with Crippen LogP contribution >= 0.6 is 0 Å². The first-order valence-corrected chi connectivity index (χ1v) is 6.57. The SMILES string of the molecule is CC(C)(C)/C=C/C(C)(C)c1c[nH]c2ccccc12. The third kappa shape index (κ3) is 2.66. The van der Waals surface area contributed by atoms with Crippen molar-refractivity contribution in [2.45, 2.75) is 40.0 Å². The second kappa shape index (κ2) is 4.31. The normalized spacial score (nSPS) is 13.6. The second-order valence-corrected chi connectivity index (χ2v) is 6.67. The molecule has 0 amide bonds. The zero-order valence-corrected chi connectivity index (χ0v) is 12.0. The molecule has 0 fully saturated rings. The van der Waals surface area contributed by atoms with Crippen LogP contribution in [0.5, 0.6) is 0 Å². The van der Waals surface area contributed by atoms with Gasteiger partial charge >= 0.3 is 0 Å². The summed E-state index contributed by atoms with van der Waals surface area (Å²) in [5.74, 6) is 0. The predicted molar refractivity (Wildman–Crippen MR) is 79.9 cm³/mol. The fourth-order valence-corrected chi connectivity index (χ4v) is 2.15. The van der Waals surface area contributed by atoms with Crippen molar-refractivity contribution in [3.63, 3.8) is 0 Å². The van der Waals surface area contributed by atoms with Crippen molar-refractivity contribution in [1.82, 2.24) is 4.98 Å². The Morgan fingerprint density at radius 3 is 2.28 bits per heavy atom. The van der Waals surface area contributed by atoms with Gasteiger partial charge in [0.15, 0.2) is 0 Å². The van der Waals surface area contributed by atoms with Gasteiger partial charge in [-0.05, 0) is 17.0 Å². The number of aromatic nitrogens is 1. The fourth-order valence-electron chi connectivity index (χ4n) is 2.15. The van der Waals surface area contributed by atoms with Crippen molar-refractivity contribution in [1.29, 1.82) is 0 Å². The Morgan fingerprint density at radius 1 is 0.944 bits per heavy atom. The Labute approximate surface area is 110 Å². The van der Waals surface area contributed by atoms with Crippen LogP contribution in [0.4, 0.5) is 0 Å². The molecule has 0 bridgehead atoms. The number of hydrogen-bond donors (Lipinski definition) is 1. The van der Waals surface area contributed by atoms with E-state index in [0.29, 0.717) is 0 Å². The molecule has 1 heteroatoms. The van der Waals surface area contributed by atoms with Crippen LogP contribution in [0, 0.1) is 5.41 Å². The summed E-state index contributed by atoms with van der Waals surface area (Å²) in [7, 11) is 0. The minimum absolute atomic E-state index is 0.0485. The highest BCUT2D eigenvalue weighted by molar-refractivity contribution is 5.84. The van der Waals surface area contributed by atoms with Crippen LogP contribution in [0.2, 0.25) is 0 Å². The van der Waals surface area contributed by atoms with Crippen LogP contribution < -0.4 is 0 Å². The molecule has 1 heterocycles. The standard InChI is InChI=1S/C17H23N/c1-16(2,3)10-11-17(4,5)14-12-18-15-9-7-6-8-13(14)15/h6-12,18H,1-5H3/b11-10+. The van der Waals surface area contributed by atoms with Gasteiger partial charge in [0.25, 0.3) is 0 Å². The molecule has 0 aliphatic heterocycles. The first-order valence-electron chi connectivity index (χ1n) is 6.57. The van der Waals surface area contributed by atoms with Gasteiger partial charge in [0, 0.05) is 22.5 Å². The van der Waals surface area contributed by atoms with Gasteiger partial charge in [-0.15, -0.1) is 0 Å². The van der Waals surface area contributed by atoms with E-state index in [1.807, 2.05) is 0 Å². The van der Waals surface area contributed by atoms with E-state index in [9.17, 15) is 0 Å². The molecule has 96 valence electrons. The third-order valence-electron chi connectivity index (χ3n) is 3.28. The molecule has 0 radical (unpaired) electrons. The van der Waals surface area contributed by atoms with Crippen molar-refractivity contribution in [3.05, 3.63) is 48.2 Å². The molecule has 1 aromatic heterocycles. The highest BCUT2D eigenvalue weighted by atomic mass is 14.7. The van der Waals surface area contributed by atoms with Gasteiger partial charge < -0.3 is 4.98 Å². The van der Waals surface area contributed by atoms with E-state index < -0.39 is 0 Å². The molecule has 18 heavy (non-hydrogen) atoms. The van der Waals surface area contributed by atoms with E-state index in [-0.39, 0.29) is 10.8 Å². The average Bonchev–Trinajstić information content (AvgIpc) is 2.70. The summed E-state index contributed by atoms with van der Waals surface area (Å²) in [6, 6.07) is 8.49. The summed E-state index contributed by atoms with van der Waals surface area (Å²) in [5.41, 5.74) is 2.85. The largest absolute Gasteiger partial charge is 0.361 e. The smallest absolute Gasteiger partial charge is 0.0457 e. The van der Waals surface area contributed by atoms with Crippen LogP contribution in [-0.4, -0.2) is 4.98 Å². The molecule has 2 aromatic rings. The van der Waals surface area contributed by atoms with Gasteiger partial charge in [0.1, 0.15) is 0 Å². The number of hydrogen-bond acceptors (Lipinski definition) is 0. The average molecular weight is 241 g/mol. The summed E-state index contributed by atoms with van der Waals surface area (Å²) < 4.78 is 0. The Balaban J connectivity index is 2.44. The van der Waals surface area contributed by atoms with Crippen LogP contribution in [0.3, 0.4) is 0 Å². The maximum atomic E-state index is 3.36. The molecule has 0 aliphatic rings. The number of fused-ring (bicyclic) bond motifs is 1. The van der Waals surface area contributed by atoms with E-state index in [0.717, 1.165) is 0 Å². The lowest BCUT2D eigenvalue weighted by Crippen LogP contribution is -2.14. The maximum absolute atomic E-state index is 3.36. The van der Waals surface area contributed by atoms with Gasteiger partial charge in [-0.25, -0.2) is 0 Å². The number of aromatic amines is 1. The van der Waals surface area contributed by atoms with E-state index in [2.05, 4.69) is 82.2 Å². The van der Waals surface area contributed by atoms with Gasteiger partial charge in [-0.1, -0.05) is 65.0 Å². The van der Waals surface area contributed by atoms with E-state index in [1.54, 1.807) is 0 Å². The molecule has 1 aromatic carbocycles. The van der Waals surface area contributed by atoms with Crippen molar-refractivity contribution in [2.24, 2.45) is 5.41 Å². The molecule has 2 rings (SSSR count). The fraction of sp³-hybridized carbons (Fsp3) is 0.412. The van der Waals surface area contributed by atoms with Crippen molar-refractivity contribution < 1.29 is 0 Å².